The molecule has 3 unspecified atom stereocenters. The third-order valence-electron chi connectivity index (χ3n) is 7.42. The number of likely N-dealkylation sites (tertiary alicyclic amines) is 1. The molecule has 3 atom stereocenters. The van der Waals surface area contributed by atoms with Crippen molar-refractivity contribution in [2.24, 2.45) is 22.7 Å². The van der Waals surface area contributed by atoms with Crippen LogP contribution in [-0.2, 0) is 52.5 Å². The van der Waals surface area contributed by atoms with Crippen LogP contribution < -0.4 is 0 Å². The number of ether oxygens (including phenoxy) is 4. The van der Waals surface area contributed by atoms with Gasteiger partial charge < -0.3 is 23.8 Å². The van der Waals surface area contributed by atoms with Gasteiger partial charge in [0.2, 0.25) is 5.91 Å². The van der Waals surface area contributed by atoms with Gasteiger partial charge in [-0.05, 0) is 53.4 Å². The minimum atomic E-state index is -1.41. The topological polar surface area (TPSA) is 160 Å². The highest BCUT2D eigenvalue weighted by molar-refractivity contribution is 5.99. The monoisotopic (exact) mass is 553 g/mol. The number of hydrogen-bond donors (Lipinski definition) is 0. The molecule has 218 valence electrons. The van der Waals surface area contributed by atoms with Crippen LogP contribution in [0.2, 0.25) is 0 Å². The van der Waals surface area contributed by atoms with E-state index in [2.05, 4.69) is 0 Å². The summed E-state index contributed by atoms with van der Waals surface area (Å²) in [6.07, 6.45) is 1.32. The summed E-state index contributed by atoms with van der Waals surface area (Å²) in [5.41, 5.74) is -2.41. The van der Waals surface area contributed by atoms with E-state index in [0.717, 1.165) is 6.42 Å². The average Bonchev–Trinajstić information content (AvgIpc) is 3.40. The van der Waals surface area contributed by atoms with Gasteiger partial charge in [-0.2, -0.15) is 0 Å². The van der Waals surface area contributed by atoms with Crippen molar-refractivity contribution in [1.82, 2.24) is 4.90 Å². The molecule has 0 aromatic carbocycles. The molecule has 0 aromatic rings. The predicted molar refractivity (Wildman–Crippen MR) is 133 cm³/mol. The highest BCUT2D eigenvalue weighted by Crippen LogP contribution is 2.45. The summed E-state index contributed by atoms with van der Waals surface area (Å²) in [4.78, 5) is 86.9. The SMILES string of the molecule is CCC(C)(C(=O)OCCOC(=O)CC(C)=O)C1C(=O)OC(=O)C1CCC(C)(C)C(=O)OCCN1CCCC1=O. The maximum absolute atomic E-state index is 13.0. The highest BCUT2D eigenvalue weighted by Gasteiger charge is 2.57. The van der Waals surface area contributed by atoms with Crippen LogP contribution in [0.15, 0.2) is 0 Å². The third-order valence-corrected chi connectivity index (χ3v) is 7.42. The standard InChI is InChI=1S/C27H39NO11/c1-6-27(5,25(35)38-15-14-36-20(31)16-17(2)29)21-18(22(32)39-23(21)33)9-10-26(3,4)24(34)37-13-12-28-11-7-8-19(28)30/h18,21H,6-16H2,1-5H3. The van der Waals surface area contributed by atoms with Crippen LogP contribution in [0.25, 0.3) is 0 Å². The van der Waals surface area contributed by atoms with Crippen molar-refractivity contribution in [3.8, 4) is 0 Å². The van der Waals surface area contributed by atoms with Gasteiger partial charge in [0, 0.05) is 13.0 Å². The number of cyclic esters (lactones) is 2. The van der Waals surface area contributed by atoms with E-state index in [9.17, 15) is 33.6 Å². The van der Waals surface area contributed by atoms with Crippen molar-refractivity contribution < 1.29 is 52.5 Å². The Hall–Kier alpha value is -3.31. The van der Waals surface area contributed by atoms with E-state index in [4.69, 9.17) is 18.9 Å². The molecule has 0 aliphatic carbocycles. The molecule has 2 aliphatic heterocycles. The molecule has 2 fully saturated rings. The van der Waals surface area contributed by atoms with Crippen LogP contribution >= 0.6 is 0 Å². The van der Waals surface area contributed by atoms with Crippen molar-refractivity contribution in [2.45, 2.75) is 73.1 Å². The Morgan fingerprint density at radius 2 is 1.59 bits per heavy atom. The first-order valence-electron chi connectivity index (χ1n) is 13.3. The zero-order chi connectivity index (χ0) is 29.4. The summed E-state index contributed by atoms with van der Waals surface area (Å²) in [6, 6.07) is 0. The second-order valence-corrected chi connectivity index (χ2v) is 10.9. The Morgan fingerprint density at radius 1 is 0.949 bits per heavy atom. The first-order valence-corrected chi connectivity index (χ1v) is 13.3. The molecular weight excluding hydrogens is 514 g/mol. The lowest BCUT2D eigenvalue weighted by atomic mass is 9.67. The van der Waals surface area contributed by atoms with Gasteiger partial charge in [-0.3, -0.25) is 33.6 Å². The molecule has 2 heterocycles. The summed E-state index contributed by atoms with van der Waals surface area (Å²) >= 11 is 0. The summed E-state index contributed by atoms with van der Waals surface area (Å²) in [5, 5.41) is 0. The number of nitrogens with zero attached hydrogens (tertiary/aromatic N) is 1. The van der Waals surface area contributed by atoms with Crippen LogP contribution in [0.1, 0.15) is 73.1 Å². The lowest BCUT2D eigenvalue weighted by molar-refractivity contribution is -0.167. The van der Waals surface area contributed by atoms with Crippen molar-refractivity contribution in [3.05, 3.63) is 0 Å². The number of rotatable bonds is 15. The van der Waals surface area contributed by atoms with E-state index in [0.29, 0.717) is 19.5 Å². The fourth-order valence-corrected chi connectivity index (χ4v) is 4.73. The Kier molecular flexibility index (Phi) is 11.2. The fourth-order valence-electron chi connectivity index (χ4n) is 4.73. The van der Waals surface area contributed by atoms with E-state index >= 15 is 0 Å². The predicted octanol–water partition coefficient (Wildman–Crippen LogP) is 1.76. The number of carbonyl (C=O) groups is 7. The number of esters is 5. The van der Waals surface area contributed by atoms with Crippen molar-refractivity contribution in [1.29, 1.82) is 0 Å². The zero-order valence-electron chi connectivity index (χ0n) is 23.4. The quantitative estimate of drug-likeness (QED) is 0.126. The highest BCUT2D eigenvalue weighted by atomic mass is 16.6. The second kappa shape index (κ2) is 13.7. The molecule has 0 N–H and O–H groups in total. The van der Waals surface area contributed by atoms with Crippen LogP contribution in [0, 0.1) is 22.7 Å². The number of hydrogen-bond acceptors (Lipinski definition) is 11. The smallest absolute Gasteiger partial charge is 0.318 e. The molecule has 0 radical (unpaired) electrons. The number of amides is 1. The molecule has 0 aromatic heterocycles. The molecule has 39 heavy (non-hydrogen) atoms. The molecule has 2 rings (SSSR count). The van der Waals surface area contributed by atoms with Gasteiger partial charge in [0.05, 0.1) is 29.2 Å². The van der Waals surface area contributed by atoms with Gasteiger partial charge in [-0.1, -0.05) is 6.92 Å². The maximum Gasteiger partial charge on any atom is 0.318 e. The summed E-state index contributed by atoms with van der Waals surface area (Å²) in [5.74, 6) is -6.04. The Bertz CT molecular complexity index is 988. The lowest BCUT2D eigenvalue weighted by Crippen LogP contribution is -2.43. The van der Waals surface area contributed by atoms with E-state index < -0.39 is 52.5 Å². The largest absolute Gasteiger partial charge is 0.463 e. The first kappa shape index (κ1) is 31.9. The molecule has 1 amide bonds. The van der Waals surface area contributed by atoms with Gasteiger partial charge in [0.1, 0.15) is 32.0 Å². The normalized spacial score (nSPS) is 20.8. The van der Waals surface area contributed by atoms with Gasteiger partial charge in [0.15, 0.2) is 0 Å². The summed E-state index contributed by atoms with van der Waals surface area (Å²) in [6.45, 7) is 8.21. The third kappa shape index (κ3) is 8.34. The van der Waals surface area contributed by atoms with E-state index in [1.54, 1.807) is 25.7 Å². The zero-order valence-corrected chi connectivity index (χ0v) is 23.4. The molecular formula is C27H39NO11. The van der Waals surface area contributed by atoms with Gasteiger partial charge >= 0.3 is 29.8 Å². The van der Waals surface area contributed by atoms with Crippen molar-refractivity contribution >= 4 is 41.5 Å². The van der Waals surface area contributed by atoms with Gasteiger partial charge in [-0.15, -0.1) is 0 Å². The lowest BCUT2D eigenvalue weighted by Gasteiger charge is -2.33. The molecule has 2 aliphatic rings. The van der Waals surface area contributed by atoms with E-state index in [-0.39, 0.29) is 57.2 Å². The van der Waals surface area contributed by atoms with Gasteiger partial charge in [-0.25, -0.2) is 0 Å². The summed E-state index contributed by atoms with van der Waals surface area (Å²) in [7, 11) is 0. The van der Waals surface area contributed by atoms with E-state index in [1.165, 1.54) is 13.8 Å². The van der Waals surface area contributed by atoms with Crippen molar-refractivity contribution in [2.75, 3.05) is 32.9 Å². The van der Waals surface area contributed by atoms with Crippen LogP contribution in [0.5, 0.6) is 0 Å². The molecule has 0 saturated carbocycles. The molecule has 12 heteroatoms. The van der Waals surface area contributed by atoms with Crippen LogP contribution in [0.3, 0.4) is 0 Å². The molecule has 0 spiro atoms. The first-order chi connectivity index (χ1) is 18.2. The number of Topliss-reactive ketones (excluding diaryl/α,β-unsaturated/α-hetero) is 1. The Labute approximate surface area is 228 Å². The van der Waals surface area contributed by atoms with Crippen LogP contribution in [0.4, 0.5) is 0 Å². The minimum absolute atomic E-state index is 0.0345. The molecule has 0 bridgehead atoms. The average molecular weight is 554 g/mol. The van der Waals surface area contributed by atoms with Crippen LogP contribution in [-0.4, -0.2) is 79.3 Å². The number of carbonyl (C=O) groups excluding carboxylic acids is 7. The maximum atomic E-state index is 13.0. The Morgan fingerprint density at radius 3 is 2.18 bits per heavy atom. The summed E-state index contributed by atoms with van der Waals surface area (Å²) < 4.78 is 20.4. The minimum Gasteiger partial charge on any atom is -0.463 e. The molecule has 12 nitrogen and oxygen atoms in total. The molecule has 2 saturated heterocycles. The number of ketones is 1. The fraction of sp³-hybridized carbons (Fsp3) is 0.741. The Balaban J connectivity index is 1.97. The van der Waals surface area contributed by atoms with Gasteiger partial charge in [0.25, 0.3) is 0 Å². The van der Waals surface area contributed by atoms with E-state index in [1.807, 2.05) is 0 Å². The van der Waals surface area contributed by atoms with Crippen molar-refractivity contribution in [3.63, 3.8) is 0 Å². The second-order valence-electron chi connectivity index (χ2n) is 10.9.